The number of nitriles is 1. The number of fused-ring (bicyclic) bond motifs is 1. The van der Waals surface area contributed by atoms with Crippen molar-refractivity contribution >= 4 is 39.0 Å². The maximum Gasteiger partial charge on any atom is 0.404 e. The Bertz CT molecular complexity index is 1100. The number of nitrogen functional groups attached to an aromatic ring is 1. The van der Waals surface area contributed by atoms with Gasteiger partial charge in [0.15, 0.2) is 11.1 Å². The molecule has 3 heterocycles. The van der Waals surface area contributed by atoms with Crippen molar-refractivity contribution in [2.24, 2.45) is 0 Å². The minimum absolute atomic E-state index is 0.0268. The molecule has 2 N–H and O–H groups in total. The summed E-state index contributed by atoms with van der Waals surface area (Å²) >= 11 is 1.78. The Morgan fingerprint density at radius 1 is 1.13 bits per heavy atom. The second-order valence-corrected chi connectivity index (χ2v) is 8.36. The van der Waals surface area contributed by atoms with E-state index in [0.717, 1.165) is 28.5 Å². The van der Waals surface area contributed by atoms with Gasteiger partial charge in [-0.1, -0.05) is 11.8 Å². The largest absolute Gasteiger partial charge is 0.404 e. The molecule has 0 aliphatic heterocycles. The first-order valence-electron chi connectivity index (χ1n) is 8.12. The number of anilines is 1. The predicted molar refractivity (Wildman–Crippen MR) is 99.9 cm³/mol. The Kier molecular flexibility index (Phi) is 5.83. The van der Waals surface area contributed by atoms with Crippen LogP contribution >= 0.6 is 23.1 Å². The first kappa shape index (κ1) is 22.1. The molecule has 0 aliphatic rings. The van der Waals surface area contributed by atoms with E-state index < -0.39 is 29.1 Å². The summed E-state index contributed by atoms with van der Waals surface area (Å²) in [7, 11) is 0. The van der Waals surface area contributed by atoms with E-state index in [9.17, 15) is 26.3 Å². The molecule has 0 spiro atoms. The van der Waals surface area contributed by atoms with Crippen molar-refractivity contribution in [2.75, 3.05) is 5.73 Å². The highest BCUT2D eigenvalue weighted by Crippen LogP contribution is 2.49. The normalized spacial score (nSPS) is 13.6. The highest BCUT2D eigenvalue weighted by Gasteiger charge is 2.58. The van der Waals surface area contributed by atoms with Gasteiger partial charge in [0.2, 0.25) is 0 Å². The number of nitrogens with zero attached hydrogens (tertiary/aromatic N) is 4. The van der Waals surface area contributed by atoms with Crippen LogP contribution in [-0.2, 0) is 0 Å². The lowest BCUT2D eigenvalue weighted by atomic mass is 9.97. The molecule has 0 radical (unpaired) electrons. The van der Waals surface area contributed by atoms with Crippen molar-refractivity contribution in [3.63, 3.8) is 0 Å². The highest BCUT2D eigenvalue weighted by atomic mass is 32.2. The van der Waals surface area contributed by atoms with Crippen LogP contribution in [0.1, 0.15) is 35.0 Å². The third-order valence-electron chi connectivity index (χ3n) is 4.02. The van der Waals surface area contributed by atoms with Gasteiger partial charge in [-0.15, -0.1) is 11.3 Å². The molecule has 1 atom stereocenters. The van der Waals surface area contributed by atoms with Gasteiger partial charge in [0.1, 0.15) is 17.6 Å². The maximum atomic E-state index is 13.2. The van der Waals surface area contributed by atoms with Crippen molar-refractivity contribution in [3.8, 4) is 6.07 Å². The lowest BCUT2D eigenvalue weighted by Crippen LogP contribution is -2.33. The fraction of sp³-hybridized carbons (Fsp3) is 0.294. The Morgan fingerprint density at radius 3 is 2.40 bits per heavy atom. The van der Waals surface area contributed by atoms with Crippen molar-refractivity contribution in [3.05, 3.63) is 40.7 Å². The van der Waals surface area contributed by atoms with E-state index in [-0.39, 0.29) is 32.4 Å². The molecule has 0 saturated heterocycles. The van der Waals surface area contributed by atoms with Gasteiger partial charge >= 0.3 is 12.4 Å². The standard InChI is InChI=1S/C17H11F6N5S2/c1-7(30-15-27-8(4-24)2-13(25)28-15)11-3-9-10(6-29-12(9)5-26-11)14(16(18,19)20)17(21,22)23/h2-3,5-7,14H,1H3,(H2,25,27,28). The van der Waals surface area contributed by atoms with Gasteiger partial charge in [-0.2, -0.15) is 31.6 Å². The number of pyridine rings is 1. The monoisotopic (exact) mass is 463 g/mol. The van der Waals surface area contributed by atoms with Crippen LogP contribution in [0.4, 0.5) is 32.2 Å². The van der Waals surface area contributed by atoms with Gasteiger partial charge in [-0.3, -0.25) is 4.98 Å². The van der Waals surface area contributed by atoms with E-state index in [1.165, 1.54) is 18.3 Å². The zero-order chi connectivity index (χ0) is 22.3. The third-order valence-corrected chi connectivity index (χ3v) is 5.96. The number of hydrogen-bond donors (Lipinski definition) is 1. The van der Waals surface area contributed by atoms with Crippen LogP contribution in [0.5, 0.6) is 0 Å². The Hall–Kier alpha value is -2.59. The van der Waals surface area contributed by atoms with E-state index in [2.05, 4.69) is 15.0 Å². The van der Waals surface area contributed by atoms with E-state index in [1.807, 2.05) is 6.07 Å². The van der Waals surface area contributed by atoms with E-state index in [1.54, 1.807) is 6.92 Å². The number of hydrogen-bond acceptors (Lipinski definition) is 7. The van der Waals surface area contributed by atoms with Gasteiger partial charge in [0.25, 0.3) is 0 Å². The first-order chi connectivity index (χ1) is 13.9. The number of rotatable bonds is 4. The molecule has 0 fully saturated rings. The van der Waals surface area contributed by atoms with Crippen LogP contribution in [0.3, 0.4) is 0 Å². The quantitative estimate of drug-likeness (QED) is 0.308. The summed E-state index contributed by atoms with van der Waals surface area (Å²) in [6.45, 7) is 1.63. The molecule has 0 saturated carbocycles. The number of thioether (sulfide) groups is 1. The number of alkyl halides is 6. The zero-order valence-electron chi connectivity index (χ0n) is 14.9. The van der Waals surface area contributed by atoms with Gasteiger partial charge < -0.3 is 5.73 Å². The van der Waals surface area contributed by atoms with Crippen molar-refractivity contribution in [1.29, 1.82) is 5.26 Å². The second kappa shape index (κ2) is 7.92. The van der Waals surface area contributed by atoms with E-state index in [0.29, 0.717) is 0 Å². The summed E-state index contributed by atoms with van der Waals surface area (Å²) in [5, 5.41) is 9.24. The highest BCUT2D eigenvalue weighted by molar-refractivity contribution is 7.99. The van der Waals surface area contributed by atoms with Crippen LogP contribution in [0.15, 0.2) is 28.9 Å². The summed E-state index contributed by atoms with van der Waals surface area (Å²) in [6.07, 6.45) is -9.74. The Balaban J connectivity index is 2.00. The summed E-state index contributed by atoms with van der Waals surface area (Å²) in [4.78, 5) is 12.1. The van der Waals surface area contributed by atoms with Crippen molar-refractivity contribution in [2.45, 2.75) is 35.6 Å². The maximum absolute atomic E-state index is 13.2. The van der Waals surface area contributed by atoms with Gasteiger partial charge in [-0.05, 0) is 23.9 Å². The van der Waals surface area contributed by atoms with Crippen LogP contribution in [0, 0.1) is 11.3 Å². The molecule has 1 unspecified atom stereocenters. The predicted octanol–water partition coefficient (Wildman–Crippen LogP) is 5.60. The van der Waals surface area contributed by atoms with Gasteiger partial charge in [0.05, 0.1) is 15.6 Å². The van der Waals surface area contributed by atoms with Crippen LogP contribution in [0.2, 0.25) is 0 Å². The summed E-state index contributed by atoms with van der Waals surface area (Å²) < 4.78 is 79.2. The molecule has 30 heavy (non-hydrogen) atoms. The third kappa shape index (κ3) is 4.59. The van der Waals surface area contributed by atoms with Gasteiger partial charge in [0, 0.05) is 17.6 Å². The van der Waals surface area contributed by atoms with E-state index in [4.69, 9.17) is 11.0 Å². The molecule has 0 amide bonds. The second-order valence-electron chi connectivity index (χ2n) is 6.15. The van der Waals surface area contributed by atoms with Crippen LogP contribution in [-0.4, -0.2) is 27.3 Å². The molecular formula is C17H11F6N5S2. The fourth-order valence-corrected chi connectivity index (χ4v) is 4.53. The summed E-state index contributed by atoms with van der Waals surface area (Å²) in [5.41, 5.74) is 5.01. The minimum atomic E-state index is -5.49. The van der Waals surface area contributed by atoms with Crippen LogP contribution < -0.4 is 5.73 Å². The van der Waals surface area contributed by atoms with E-state index >= 15 is 0 Å². The average molecular weight is 463 g/mol. The number of thiophene rings is 1. The summed E-state index contributed by atoms with van der Waals surface area (Å²) in [6, 6.07) is 4.30. The molecule has 0 aliphatic carbocycles. The number of halogens is 6. The average Bonchev–Trinajstić information content (AvgIpc) is 3.01. The van der Waals surface area contributed by atoms with Crippen molar-refractivity contribution < 1.29 is 26.3 Å². The minimum Gasteiger partial charge on any atom is -0.384 e. The zero-order valence-corrected chi connectivity index (χ0v) is 16.5. The first-order valence-corrected chi connectivity index (χ1v) is 9.88. The molecule has 13 heteroatoms. The SMILES string of the molecule is CC(Sc1nc(N)cc(C#N)n1)c1cc2c(C(C(F)(F)F)C(F)(F)F)csc2cn1. The summed E-state index contributed by atoms with van der Waals surface area (Å²) in [5.74, 6) is -3.54. The molecule has 158 valence electrons. The van der Waals surface area contributed by atoms with Crippen LogP contribution in [0.25, 0.3) is 10.1 Å². The molecule has 0 aromatic carbocycles. The molecule has 5 nitrogen and oxygen atoms in total. The Morgan fingerprint density at radius 2 is 1.80 bits per heavy atom. The van der Waals surface area contributed by atoms with Gasteiger partial charge in [-0.25, -0.2) is 9.97 Å². The molecule has 3 rings (SSSR count). The lowest BCUT2D eigenvalue weighted by Gasteiger charge is -2.22. The molecular weight excluding hydrogens is 452 g/mol. The topological polar surface area (TPSA) is 88.5 Å². The fourth-order valence-electron chi connectivity index (χ4n) is 2.72. The Labute approximate surface area is 174 Å². The lowest BCUT2D eigenvalue weighted by molar-refractivity contribution is -0.253. The molecule has 0 bridgehead atoms. The smallest absolute Gasteiger partial charge is 0.384 e. The molecule has 3 aromatic heterocycles. The molecule has 3 aromatic rings. The number of aromatic nitrogens is 3. The van der Waals surface area contributed by atoms with Crippen molar-refractivity contribution in [1.82, 2.24) is 15.0 Å². The number of nitrogens with two attached hydrogens (primary N) is 1.